The summed E-state index contributed by atoms with van der Waals surface area (Å²) >= 11 is 0. The third-order valence-corrected chi connectivity index (χ3v) is 6.59. The monoisotopic (exact) mass is 382 g/mol. The number of carbonyl (C=O) groups excluding carboxylic acids is 2. The van der Waals surface area contributed by atoms with E-state index in [4.69, 9.17) is 0 Å². The van der Waals surface area contributed by atoms with Crippen LogP contribution in [0.4, 0.5) is 0 Å². The normalized spacial score (nSPS) is 24.7. The van der Waals surface area contributed by atoms with E-state index in [0.29, 0.717) is 11.5 Å². The van der Waals surface area contributed by atoms with Crippen molar-refractivity contribution in [2.75, 3.05) is 46.3 Å². The summed E-state index contributed by atoms with van der Waals surface area (Å²) in [6, 6.07) is 3.68. The fourth-order valence-electron chi connectivity index (χ4n) is 5.12. The van der Waals surface area contributed by atoms with Crippen LogP contribution in [0.5, 0.6) is 0 Å². The Morgan fingerprint density at radius 1 is 1.14 bits per heavy atom. The van der Waals surface area contributed by atoms with Crippen molar-refractivity contribution in [2.24, 2.45) is 11.3 Å². The summed E-state index contributed by atoms with van der Waals surface area (Å²) in [7, 11) is 2.08. The fourth-order valence-corrected chi connectivity index (χ4v) is 5.12. The molecule has 8 nitrogen and oxygen atoms in total. The van der Waals surface area contributed by atoms with E-state index in [0.717, 1.165) is 64.0 Å². The molecule has 0 aliphatic carbocycles. The van der Waals surface area contributed by atoms with Crippen molar-refractivity contribution in [1.29, 1.82) is 0 Å². The van der Waals surface area contributed by atoms with Crippen molar-refractivity contribution in [1.82, 2.24) is 29.5 Å². The summed E-state index contributed by atoms with van der Waals surface area (Å²) in [6.07, 6.45) is 6.33. The zero-order valence-corrected chi connectivity index (χ0v) is 16.3. The van der Waals surface area contributed by atoms with E-state index in [1.807, 2.05) is 17.0 Å². The molecule has 148 valence electrons. The number of nitrogens with zero attached hydrogens (tertiary/aromatic N) is 6. The lowest BCUT2D eigenvalue weighted by Gasteiger charge is -2.54. The van der Waals surface area contributed by atoms with Crippen LogP contribution < -0.4 is 0 Å². The van der Waals surface area contributed by atoms with E-state index in [1.54, 1.807) is 12.4 Å². The van der Waals surface area contributed by atoms with Gasteiger partial charge in [-0.2, -0.15) is 14.8 Å². The zero-order valence-electron chi connectivity index (χ0n) is 16.3. The maximum atomic E-state index is 12.9. The van der Waals surface area contributed by atoms with E-state index in [9.17, 15) is 9.59 Å². The second kappa shape index (κ2) is 6.55. The molecule has 3 aliphatic heterocycles. The molecule has 8 heteroatoms. The largest absolute Gasteiger partial charge is 0.342 e. The van der Waals surface area contributed by atoms with Gasteiger partial charge in [0.25, 0.3) is 5.91 Å². The van der Waals surface area contributed by atoms with Gasteiger partial charge in [0.1, 0.15) is 5.52 Å². The van der Waals surface area contributed by atoms with Crippen LogP contribution >= 0.6 is 0 Å². The van der Waals surface area contributed by atoms with E-state index in [-0.39, 0.29) is 17.2 Å². The van der Waals surface area contributed by atoms with Crippen LogP contribution in [0.2, 0.25) is 0 Å². The first-order valence-electron chi connectivity index (χ1n) is 10.1. The maximum Gasteiger partial charge on any atom is 0.257 e. The van der Waals surface area contributed by atoms with Gasteiger partial charge in [0, 0.05) is 44.3 Å². The molecule has 5 heterocycles. The predicted molar refractivity (Wildman–Crippen MR) is 103 cm³/mol. The van der Waals surface area contributed by atoms with Crippen molar-refractivity contribution in [3.8, 4) is 0 Å². The summed E-state index contributed by atoms with van der Waals surface area (Å²) in [5, 5.41) is 8.30. The Bertz CT molecular complexity index is 918. The molecular formula is C20H26N6O2. The van der Waals surface area contributed by atoms with Crippen LogP contribution in [0.1, 0.15) is 29.6 Å². The van der Waals surface area contributed by atoms with Gasteiger partial charge in [0.2, 0.25) is 5.91 Å². The van der Waals surface area contributed by atoms with Crippen molar-refractivity contribution in [3.05, 3.63) is 30.1 Å². The minimum atomic E-state index is 0.00879. The van der Waals surface area contributed by atoms with Crippen molar-refractivity contribution < 1.29 is 9.59 Å². The lowest BCUT2D eigenvalue weighted by Crippen LogP contribution is -2.65. The average Bonchev–Trinajstić information content (AvgIpc) is 3.31. The van der Waals surface area contributed by atoms with Crippen LogP contribution in [-0.4, -0.2) is 87.7 Å². The molecule has 3 saturated heterocycles. The molecule has 1 spiro atoms. The van der Waals surface area contributed by atoms with Crippen LogP contribution in [0, 0.1) is 11.3 Å². The molecule has 2 aromatic heterocycles. The fraction of sp³-hybridized carbons (Fsp3) is 0.600. The number of aromatic nitrogens is 3. The van der Waals surface area contributed by atoms with E-state index in [2.05, 4.69) is 27.0 Å². The van der Waals surface area contributed by atoms with Gasteiger partial charge in [0.05, 0.1) is 17.7 Å². The van der Waals surface area contributed by atoms with Gasteiger partial charge >= 0.3 is 0 Å². The van der Waals surface area contributed by atoms with Crippen LogP contribution in [-0.2, 0) is 4.79 Å². The van der Waals surface area contributed by atoms with Crippen LogP contribution in [0.25, 0.3) is 5.52 Å². The highest BCUT2D eigenvalue weighted by molar-refractivity contribution is 6.01. The first-order chi connectivity index (χ1) is 13.5. The van der Waals surface area contributed by atoms with E-state index < -0.39 is 0 Å². The Morgan fingerprint density at radius 3 is 2.75 bits per heavy atom. The summed E-state index contributed by atoms with van der Waals surface area (Å²) in [6.45, 7) is 4.96. The highest BCUT2D eigenvalue weighted by Crippen LogP contribution is 2.40. The number of amides is 2. The smallest absolute Gasteiger partial charge is 0.257 e. The lowest BCUT2D eigenvalue weighted by molar-refractivity contribution is -0.142. The minimum absolute atomic E-state index is 0.00879. The van der Waals surface area contributed by atoms with Gasteiger partial charge in [0.15, 0.2) is 0 Å². The quantitative estimate of drug-likeness (QED) is 0.766. The number of fused-ring (bicyclic) bond motifs is 1. The molecule has 3 fully saturated rings. The molecule has 3 aliphatic rings. The van der Waals surface area contributed by atoms with Gasteiger partial charge in [-0.05, 0) is 45.0 Å². The molecule has 0 N–H and O–H groups in total. The Kier molecular flexibility index (Phi) is 4.12. The molecule has 0 saturated carbocycles. The molecule has 0 aromatic carbocycles. The topological polar surface area (TPSA) is 74.1 Å². The Hall–Kier alpha value is -2.48. The van der Waals surface area contributed by atoms with E-state index >= 15 is 0 Å². The number of piperidine rings is 1. The molecule has 1 unspecified atom stereocenters. The zero-order chi connectivity index (χ0) is 19.3. The van der Waals surface area contributed by atoms with Gasteiger partial charge < -0.3 is 14.7 Å². The third-order valence-electron chi connectivity index (χ3n) is 6.59. The maximum absolute atomic E-state index is 12.9. The van der Waals surface area contributed by atoms with Gasteiger partial charge in [-0.15, -0.1) is 0 Å². The first kappa shape index (κ1) is 17.6. The highest BCUT2D eigenvalue weighted by Gasteiger charge is 2.49. The van der Waals surface area contributed by atoms with Crippen molar-refractivity contribution >= 4 is 17.3 Å². The van der Waals surface area contributed by atoms with Crippen LogP contribution in [0.15, 0.2) is 24.5 Å². The minimum Gasteiger partial charge on any atom is -0.342 e. The second-order valence-corrected chi connectivity index (χ2v) is 8.73. The molecule has 28 heavy (non-hydrogen) atoms. The standard InChI is InChI=1S/C20H26N6O2/c1-23-9-5-15(11-23)18(27)24-8-3-6-20(12-24)13-25(14-20)19(28)16-10-22-26-17(16)4-2-7-21-26/h2,4,7,10,15H,3,5-6,8-9,11-14H2,1H3. The number of carbonyl (C=O) groups is 2. The first-order valence-corrected chi connectivity index (χ1v) is 10.1. The number of likely N-dealkylation sites (tertiary alicyclic amines) is 3. The predicted octanol–water partition coefficient (Wildman–Crippen LogP) is 0.746. The SMILES string of the molecule is CN1CCC(C(=O)N2CCCC3(CN(C(=O)c4cnn5ncccc45)C3)C2)C1. The number of rotatable bonds is 2. The van der Waals surface area contributed by atoms with E-state index in [1.165, 1.54) is 4.63 Å². The molecule has 0 bridgehead atoms. The molecule has 0 radical (unpaired) electrons. The summed E-state index contributed by atoms with van der Waals surface area (Å²) < 4.78 is 1.49. The molecular weight excluding hydrogens is 356 g/mol. The molecule has 1 atom stereocenters. The summed E-state index contributed by atoms with van der Waals surface area (Å²) in [5.74, 6) is 0.459. The Labute approximate surface area is 164 Å². The van der Waals surface area contributed by atoms with Gasteiger partial charge in [-0.25, -0.2) is 0 Å². The number of hydrogen-bond acceptors (Lipinski definition) is 5. The van der Waals surface area contributed by atoms with Gasteiger partial charge in [-0.3, -0.25) is 9.59 Å². The summed E-state index contributed by atoms with van der Waals surface area (Å²) in [4.78, 5) is 32.1. The summed E-state index contributed by atoms with van der Waals surface area (Å²) in [5.41, 5.74) is 1.40. The highest BCUT2D eigenvalue weighted by atomic mass is 16.2. The van der Waals surface area contributed by atoms with Crippen LogP contribution in [0.3, 0.4) is 0 Å². The Balaban J connectivity index is 1.25. The van der Waals surface area contributed by atoms with Gasteiger partial charge in [-0.1, -0.05) is 0 Å². The molecule has 2 aromatic rings. The molecule has 2 amide bonds. The van der Waals surface area contributed by atoms with Crippen molar-refractivity contribution in [3.63, 3.8) is 0 Å². The third kappa shape index (κ3) is 2.87. The van der Waals surface area contributed by atoms with Crippen molar-refractivity contribution in [2.45, 2.75) is 19.3 Å². The Morgan fingerprint density at radius 2 is 1.96 bits per heavy atom. The average molecular weight is 382 g/mol. The second-order valence-electron chi connectivity index (χ2n) is 8.73. The molecule has 5 rings (SSSR count). The lowest BCUT2D eigenvalue weighted by atomic mass is 9.73. The number of hydrogen-bond donors (Lipinski definition) is 0.